The molecule has 0 fully saturated rings. The number of amides is 1. The maximum atomic E-state index is 12.4. The van der Waals surface area contributed by atoms with E-state index in [0.29, 0.717) is 12.8 Å². The minimum Gasteiger partial charge on any atom is -0.394 e. The van der Waals surface area contributed by atoms with Crippen LogP contribution in [0.15, 0.2) is 0 Å². The van der Waals surface area contributed by atoms with Crippen LogP contribution in [0, 0.1) is 0 Å². The number of aliphatic hydroxyl groups is 2. The van der Waals surface area contributed by atoms with Crippen LogP contribution >= 0.6 is 0 Å². The predicted octanol–water partition coefficient (Wildman–Crippen LogP) is 18.0. The molecule has 0 spiro atoms. The third-order valence-electron chi connectivity index (χ3n) is 13.4. The van der Waals surface area contributed by atoms with E-state index in [1.165, 1.54) is 276 Å². The zero-order valence-electron chi connectivity index (χ0n) is 40.8. The largest absolute Gasteiger partial charge is 0.394 e. The van der Waals surface area contributed by atoms with Crippen molar-refractivity contribution >= 4 is 5.91 Å². The molecule has 1 amide bonds. The summed E-state index contributed by atoms with van der Waals surface area (Å²) in [6, 6.07) is -0.528. The minimum atomic E-state index is -0.651. The first-order valence-electron chi connectivity index (χ1n) is 27.7. The number of hydrogen-bond donors (Lipinski definition) is 3. The molecule has 2 unspecified atom stereocenters. The lowest BCUT2D eigenvalue weighted by Gasteiger charge is -2.22. The lowest BCUT2D eigenvalue weighted by Crippen LogP contribution is -2.45. The summed E-state index contributed by atoms with van der Waals surface area (Å²) in [5.74, 6) is -0.0272. The molecule has 0 bridgehead atoms. The van der Waals surface area contributed by atoms with Crippen molar-refractivity contribution in [1.29, 1.82) is 0 Å². The first-order valence-corrected chi connectivity index (χ1v) is 27.7. The predicted molar refractivity (Wildman–Crippen MR) is 263 cm³/mol. The highest BCUT2D eigenvalue weighted by atomic mass is 16.3. The van der Waals surface area contributed by atoms with Crippen molar-refractivity contribution in [2.75, 3.05) is 6.61 Å². The molecule has 0 aromatic heterocycles. The highest BCUT2D eigenvalue weighted by molar-refractivity contribution is 5.76. The van der Waals surface area contributed by atoms with Gasteiger partial charge in [-0.1, -0.05) is 309 Å². The van der Waals surface area contributed by atoms with Crippen molar-refractivity contribution in [1.82, 2.24) is 5.32 Å². The van der Waals surface area contributed by atoms with Crippen LogP contribution in [0.1, 0.15) is 328 Å². The lowest BCUT2D eigenvalue weighted by atomic mass is 10.0. The summed E-state index contributed by atoms with van der Waals surface area (Å²) in [4.78, 5) is 12.4. The number of aliphatic hydroxyl groups excluding tert-OH is 2. The van der Waals surface area contributed by atoms with Gasteiger partial charge in [0.15, 0.2) is 0 Å². The summed E-state index contributed by atoms with van der Waals surface area (Å²) in [6.45, 7) is 4.36. The van der Waals surface area contributed by atoms with Gasteiger partial charge in [0, 0.05) is 6.42 Å². The van der Waals surface area contributed by atoms with Crippen LogP contribution < -0.4 is 5.32 Å². The first kappa shape index (κ1) is 58.4. The minimum absolute atomic E-state index is 0.0272. The number of carbonyl (C=O) groups is 1. The molecule has 0 aromatic rings. The summed E-state index contributed by atoms with van der Waals surface area (Å²) < 4.78 is 0. The standard InChI is InChI=1S/C55H111NO3/c1-3-5-7-9-11-13-14-15-16-17-18-19-20-21-22-23-24-25-26-27-28-29-30-31-32-33-34-35-36-37-38-39-40-41-42-43-45-47-49-51-55(59)56-53(52-57)54(58)50-48-46-44-12-10-8-6-4-2/h53-54,57-58H,3-52H2,1-2H3,(H,56,59). The van der Waals surface area contributed by atoms with E-state index >= 15 is 0 Å². The van der Waals surface area contributed by atoms with Crippen LogP contribution in [0.4, 0.5) is 0 Å². The van der Waals surface area contributed by atoms with E-state index in [-0.39, 0.29) is 12.5 Å². The van der Waals surface area contributed by atoms with E-state index < -0.39 is 12.1 Å². The highest BCUT2D eigenvalue weighted by Crippen LogP contribution is 2.18. The summed E-state index contributed by atoms with van der Waals surface area (Å²) in [6.07, 6.45) is 65.6. The Morgan fingerprint density at radius 3 is 0.763 bits per heavy atom. The molecule has 4 nitrogen and oxygen atoms in total. The third-order valence-corrected chi connectivity index (χ3v) is 13.4. The van der Waals surface area contributed by atoms with Crippen molar-refractivity contribution in [3.63, 3.8) is 0 Å². The number of carbonyl (C=O) groups excluding carboxylic acids is 1. The maximum Gasteiger partial charge on any atom is 0.220 e. The molecule has 0 heterocycles. The van der Waals surface area contributed by atoms with Gasteiger partial charge in [0.05, 0.1) is 18.8 Å². The molecule has 59 heavy (non-hydrogen) atoms. The Labute approximate surface area is 372 Å². The lowest BCUT2D eigenvalue weighted by molar-refractivity contribution is -0.123. The SMILES string of the molecule is CCCCCCCCCCCCCCCCCCCCCCCCCCCCCCCCCCCCCCCCCC(=O)NC(CO)C(O)CCCCCCCCCC. The average molecular weight is 834 g/mol. The Kier molecular flexibility index (Phi) is 51.2. The molecule has 0 aliphatic carbocycles. The van der Waals surface area contributed by atoms with E-state index in [4.69, 9.17) is 0 Å². The van der Waals surface area contributed by atoms with Crippen molar-refractivity contribution in [2.45, 2.75) is 341 Å². The molecule has 0 rings (SSSR count). The summed E-state index contributed by atoms with van der Waals surface area (Å²) in [7, 11) is 0. The van der Waals surface area contributed by atoms with E-state index in [2.05, 4.69) is 19.2 Å². The van der Waals surface area contributed by atoms with Crippen LogP contribution in [0.3, 0.4) is 0 Å². The summed E-state index contributed by atoms with van der Waals surface area (Å²) >= 11 is 0. The second kappa shape index (κ2) is 51.7. The normalized spacial score (nSPS) is 12.7. The van der Waals surface area contributed by atoms with Crippen LogP contribution in [0.25, 0.3) is 0 Å². The second-order valence-electron chi connectivity index (χ2n) is 19.4. The third kappa shape index (κ3) is 48.3. The van der Waals surface area contributed by atoms with Crippen molar-refractivity contribution in [2.24, 2.45) is 0 Å². The molecule has 354 valence electrons. The zero-order chi connectivity index (χ0) is 42.8. The quantitative estimate of drug-likeness (QED) is 0.0535. The van der Waals surface area contributed by atoms with Gasteiger partial charge in [0.2, 0.25) is 5.91 Å². The summed E-state index contributed by atoms with van der Waals surface area (Å²) in [5.41, 5.74) is 0. The second-order valence-corrected chi connectivity index (χ2v) is 19.4. The number of hydrogen-bond acceptors (Lipinski definition) is 3. The number of unbranched alkanes of at least 4 members (excludes halogenated alkanes) is 45. The van der Waals surface area contributed by atoms with Gasteiger partial charge in [-0.3, -0.25) is 4.79 Å². The molecular formula is C55H111NO3. The Balaban J connectivity index is 3.26. The fourth-order valence-electron chi connectivity index (χ4n) is 9.13. The number of nitrogens with one attached hydrogen (secondary N) is 1. The van der Waals surface area contributed by atoms with Crippen LogP contribution in [0.5, 0.6) is 0 Å². The van der Waals surface area contributed by atoms with E-state index in [1.54, 1.807) is 0 Å². The van der Waals surface area contributed by atoms with Gasteiger partial charge in [-0.2, -0.15) is 0 Å². The van der Waals surface area contributed by atoms with Crippen molar-refractivity contribution < 1.29 is 15.0 Å². The molecule has 0 aliphatic heterocycles. The van der Waals surface area contributed by atoms with Crippen LogP contribution in [0.2, 0.25) is 0 Å². The van der Waals surface area contributed by atoms with E-state index in [1.807, 2.05) is 0 Å². The molecule has 0 radical (unpaired) electrons. The molecule has 3 N–H and O–H groups in total. The van der Waals surface area contributed by atoms with Gasteiger partial charge in [-0.25, -0.2) is 0 Å². The Hall–Kier alpha value is -0.610. The highest BCUT2D eigenvalue weighted by Gasteiger charge is 2.20. The zero-order valence-corrected chi connectivity index (χ0v) is 40.8. The molecule has 0 aliphatic rings. The molecule has 0 saturated carbocycles. The van der Waals surface area contributed by atoms with Gasteiger partial charge in [-0.15, -0.1) is 0 Å². The fourth-order valence-corrected chi connectivity index (χ4v) is 9.13. The van der Waals surface area contributed by atoms with Crippen molar-refractivity contribution in [3.05, 3.63) is 0 Å². The van der Waals surface area contributed by atoms with Gasteiger partial charge < -0.3 is 15.5 Å². The molecule has 2 atom stereocenters. The van der Waals surface area contributed by atoms with Gasteiger partial charge >= 0.3 is 0 Å². The fraction of sp³-hybridized carbons (Fsp3) is 0.982. The topological polar surface area (TPSA) is 69.6 Å². The van der Waals surface area contributed by atoms with E-state index in [0.717, 1.165) is 25.7 Å². The molecule has 4 heteroatoms. The van der Waals surface area contributed by atoms with Crippen LogP contribution in [-0.4, -0.2) is 34.9 Å². The average Bonchev–Trinajstić information content (AvgIpc) is 3.24. The van der Waals surface area contributed by atoms with Crippen LogP contribution in [-0.2, 0) is 4.79 Å². The Morgan fingerprint density at radius 1 is 0.339 bits per heavy atom. The summed E-state index contributed by atoms with van der Waals surface area (Å²) in [5, 5.41) is 23.0. The maximum absolute atomic E-state index is 12.4. The molecule has 0 aromatic carbocycles. The monoisotopic (exact) mass is 834 g/mol. The number of rotatable bonds is 52. The van der Waals surface area contributed by atoms with Gasteiger partial charge in [0.25, 0.3) is 0 Å². The van der Waals surface area contributed by atoms with Crippen molar-refractivity contribution in [3.8, 4) is 0 Å². The smallest absolute Gasteiger partial charge is 0.220 e. The first-order chi connectivity index (χ1) is 29.2. The Morgan fingerprint density at radius 2 is 0.542 bits per heavy atom. The van der Waals surface area contributed by atoms with E-state index in [9.17, 15) is 15.0 Å². The molecule has 0 saturated heterocycles. The van der Waals surface area contributed by atoms with Gasteiger partial charge in [-0.05, 0) is 12.8 Å². The molecular weight excluding hydrogens is 723 g/mol. The van der Waals surface area contributed by atoms with Gasteiger partial charge in [0.1, 0.15) is 0 Å². The Bertz CT molecular complexity index is 773.